The average Bonchev–Trinajstić information content (AvgIpc) is 2.68. The number of hydrogen-bond acceptors (Lipinski definition) is 4. The smallest absolute Gasteiger partial charge is 0.243 e. The highest BCUT2D eigenvalue weighted by atomic mass is 16.5. The first-order valence-electron chi connectivity index (χ1n) is 9.60. The van der Waals surface area contributed by atoms with Crippen LogP contribution in [0.4, 0.5) is 5.69 Å². The summed E-state index contributed by atoms with van der Waals surface area (Å²) in [6, 6.07) is 14.9. The molecule has 2 aromatic carbocycles. The number of likely N-dealkylation sites (N-methyl/N-ethyl adjacent to an activating group) is 1. The van der Waals surface area contributed by atoms with Gasteiger partial charge < -0.3 is 19.7 Å². The van der Waals surface area contributed by atoms with Gasteiger partial charge in [0, 0.05) is 12.7 Å². The number of methoxy groups -OCH3 is 1. The Morgan fingerprint density at radius 2 is 1.55 bits per heavy atom. The van der Waals surface area contributed by atoms with E-state index in [1.165, 1.54) is 10.5 Å². The largest absolute Gasteiger partial charge is 0.497 e. The topological polar surface area (TPSA) is 67.9 Å². The van der Waals surface area contributed by atoms with Crippen molar-refractivity contribution in [2.75, 3.05) is 32.6 Å². The summed E-state index contributed by atoms with van der Waals surface area (Å²) >= 11 is 0. The van der Waals surface area contributed by atoms with Crippen LogP contribution in [0.15, 0.2) is 48.5 Å². The van der Waals surface area contributed by atoms with E-state index in [4.69, 9.17) is 9.47 Å². The van der Waals surface area contributed by atoms with Gasteiger partial charge in [-0.15, -0.1) is 0 Å². The van der Waals surface area contributed by atoms with Crippen molar-refractivity contribution in [3.05, 3.63) is 54.1 Å². The van der Waals surface area contributed by atoms with Gasteiger partial charge in [-0.25, -0.2) is 0 Å². The van der Waals surface area contributed by atoms with Crippen molar-refractivity contribution >= 4 is 17.5 Å². The van der Waals surface area contributed by atoms with E-state index in [9.17, 15) is 9.59 Å². The predicted octanol–water partition coefficient (Wildman–Crippen LogP) is 3.86. The molecule has 0 spiro atoms. The number of nitrogens with one attached hydrogen (secondary N) is 1. The molecule has 2 aromatic rings. The molecule has 0 bridgehead atoms. The molecule has 0 saturated carbocycles. The monoisotopic (exact) mass is 398 g/mol. The number of hydrogen-bond donors (Lipinski definition) is 1. The number of carbonyl (C=O) groups is 2. The highest BCUT2D eigenvalue weighted by Gasteiger charge is 2.15. The van der Waals surface area contributed by atoms with Crippen LogP contribution < -0.4 is 14.8 Å². The number of nitrogens with zero attached hydrogens (tertiary/aromatic N) is 1. The van der Waals surface area contributed by atoms with Crippen LogP contribution in [0.2, 0.25) is 0 Å². The Hall–Kier alpha value is -3.02. The van der Waals surface area contributed by atoms with Gasteiger partial charge in [-0.1, -0.05) is 32.9 Å². The van der Waals surface area contributed by atoms with Gasteiger partial charge in [0.2, 0.25) is 11.8 Å². The van der Waals surface area contributed by atoms with E-state index in [0.29, 0.717) is 11.4 Å². The van der Waals surface area contributed by atoms with Crippen molar-refractivity contribution in [1.29, 1.82) is 0 Å². The molecule has 29 heavy (non-hydrogen) atoms. The quantitative estimate of drug-likeness (QED) is 0.733. The normalized spacial score (nSPS) is 10.9. The Morgan fingerprint density at radius 3 is 2.10 bits per heavy atom. The lowest BCUT2D eigenvalue weighted by molar-refractivity contribution is -0.133. The van der Waals surface area contributed by atoms with E-state index in [-0.39, 0.29) is 36.8 Å². The Kier molecular flexibility index (Phi) is 7.65. The van der Waals surface area contributed by atoms with E-state index in [2.05, 4.69) is 26.1 Å². The lowest BCUT2D eigenvalue weighted by Gasteiger charge is -2.19. The molecule has 0 saturated heterocycles. The molecule has 2 rings (SSSR count). The van der Waals surface area contributed by atoms with Crippen LogP contribution in [0.5, 0.6) is 11.5 Å². The highest BCUT2D eigenvalue weighted by molar-refractivity contribution is 5.94. The zero-order chi connectivity index (χ0) is 21.4. The lowest BCUT2D eigenvalue weighted by Crippen LogP contribution is -2.35. The molecule has 0 fully saturated rings. The van der Waals surface area contributed by atoms with Gasteiger partial charge in [-0.05, 0) is 47.4 Å². The number of ether oxygens (including phenoxy) is 2. The lowest BCUT2D eigenvalue weighted by atomic mass is 9.87. The summed E-state index contributed by atoms with van der Waals surface area (Å²) in [5.74, 6) is 1.03. The molecule has 0 aromatic heterocycles. The van der Waals surface area contributed by atoms with Crippen LogP contribution in [0.25, 0.3) is 0 Å². The number of anilines is 1. The summed E-state index contributed by atoms with van der Waals surface area (Å²) in [5.41, 5.74) is 1.96. The fraction of sp³-hybridized carbons (Fsp3) is 0.391. The molecular weight excluding hydrogens is 368 g/mol. The van der Waals surface area contributed by atoms with Gasteiger partial charge in [0.25, 0.3) is 0 Å². The van der Waals surface area contributed by atoms with E-state index in [1.54, 1.807) is 38.4 Å². The zero-order valence-electron chi connectivity index (χ0n) is 17.8. The van der Waals surface area contributed by atoms with Crippen LogP contribution in [-0.4, -0.2) is 44.0 Å². The van der Waals surface area contributed by atoms with Crippen molar-refractivity contribution < 1.29 is 19.1 Å². The minimum absolute atomic E-state index is 0.0227. The van der Waals surface area contributed by atoms with Crippen LogP contribution in [0, 0.1) is 0 Å². The second-order valence-corrected chi connectivity index (χ2v) is 7.90. The van der Waals surface area contributed by atoms with E-state index in [0.717, 1.165) is 5.75 Å². The summed E-state index contributed by atoms with van der Waals surface area (Å²) in [6.07, 6.45) is 0.202. The maximum Gasteiger partial charge on any atom is 0.243 e. The van der Waals surface area contributed by atoms with E-state index < -0.39 is 0 Å². The number of rotatable bonds is 8. The summed E-state index contributed by atoms with van der Waals surface area (Å²) in [4.78, 5) is 25.8. The van der Waals surface area contributed by atoms with Crippen molar-refractivity contribution in [2.24, 2.45) is 0 Å². The molecule has 0 aliphatic heterocycles. The Labute approximate surface area is 172 Å². The second kappa shape index (κ2) is 9.96. The third-order valence-electron chi connectivity index (χ3n) is 4.49. The summed E-state index contributed by atoms with van der Waals surface area (Å²) < 4.78 is 10.7. The minimum Gasteiger partial charge on any atom is -0.497 e. The summed E-state index contributed by atoms with van der Waals surface area (Å²) in [7, 11) is 3.19. The molecule has 0 atom stereocenters. The first kappa shape index (κ1) is 22.3. The van der Waals surface area contributed by atoms with Gasteiger partial charge in [0.1, 0.15) is 11.5 Å². The molecule has 156 valence electrons. The van der Waals surface area contributed by atoms with Crippen molar-refractivity contribution in [2.45, 2.75) is 32.6 Å². The molecule has 6 nitrogen and oxygen atoms in total. The fourth-order valence-electron chi connectivity index (χ4n) is 2.68. The molecule has 0 radical (unpaired) electrons. The number of amides is 2. The molecule has 6 heteroatoms. The molecule has 0 unspecified atom stereocenters. The molecule has 0 aliphatic rings. The standard InChI is InChI=1S/C23H30N2O4/c1-23(2,3)17-6-10-20(11-7-17)29-15-14-22(27)25(4)16-21(26)24-18-8-12-19(28-5)13-9-18/h6-13H,14-16H2,1-5H3,(H,24,26). The average molecular weight is 399 g/mol. The maximum atomic E-state index is 12.2. The van der Waals surface area contributed by atoms with Crippen LogP contribution in [0.1, 0.15) is 32.8 Å². The highest BCUT2D eigenvalue weighted by Crippen LogP contribution is 2.24. The van der Waals surface area contributed by atoms with E-state index >= 15 is 0 Å². The Morgan fingerprint density at radius 1 is 0.966 bits per heavy atom. The molecular formula is C23H30N2O4. The zero-order valence-corrected chi connectivity index (χ0v) is 17.8. The number of carbonyl (C=O) groups excluding carboxylic acids is 2. The molecule has 2 amide bonds. The minimum atomic E-state index is -0.260. The summed E-state index contributed by atoms with van der Waals surface area (Å²) in [5, 5.41) is 2.76. The van der Waals surface area contributed by atoms with Gasteiger partial charge in [0.05, 0.1) is 26.7 Å². The molecule has 0 heterocycles. The molecule has 1 N–H and O–H groups in total. The van der Waals surface area contributed by atoms with Crippen molar-refractivity contribution in [3.8, 4) is 11.5 Å². The third-order valence-corrected chi connectivity index (χ3v) is 4.49. The van der Waals surface area contributed by atoms with Gasteiger partial charge in [0.15, 0.2) is 0 Å². The van der Waals surface area contributed by atoms with Crippen LogP contribution >= 0.6 is 0 Å². The third kappa shape index (κ3) is 7.14. The van der Waals surface area contributed by atoms with Crippen molar-refractivity contribution in [1.82, 2.24) is 4.90 Å². The summed E-state index contributed by atoms with van der Waals surface area (Å²) in [6.45, 7) is 6.70. The van der Waals surface area contributed by atoms with E-state index in [1.807, 2.05) is 24.3 Å². The van der Waals surface area contributed by atoms with Gasteiger partial charge in [-0.2, -0.15) is 0 Å². The molecule has 0 aliphatic carbocycles. The number of benzene rings is 2. The first-order valence-corrected chi connectivity index (χ1v) is 9.60. The SMILES string of the molecule is COc1ccc(NC(=O)CN(C)C(=O)CCOc2ccc(C(C)(C)C)cc2)cc1. The fourth-order valence-corrected chi connectivity index (χ4v) is 2.68. The Balaban J connectivity index is 1.74. The van der Waals surface area contributed by atoms with Gasteiger partial charge >= 0.3 is 0 Å². The van der Waals surface area contributed by atoms with Crippen LogP contribution in [0.3, 0.4) is 0 Å². The second-order valence-electron chi connectivity index (χ2n) is 7.90. The van der Waals surface area contributed by atoms with Gasteiger partial charge in [-0.3, -0.25) is 9.59 Å². The first-order chi connectivity index (χ1) is 13.7. The maximum absolute atomic E-state index is 12.2. The Bertz CT molecular complexity index is 808. The predicted molar refractivity (Wildman–Crippen MR) is 115 cm³/mol. The van der Waals surface area contributed by atoms with Crippen molar-refractivity contribution in [3.63, 3.8) is 0 Å². The van der Waals surface area contributed by atoms with Crippen LogP contribution in [-0.2, 0) is 15.0 Å².